The van der Waals surface area contributed by atoms with Crippen molar-refractivity contribution in [1.29, 1.82) is 5.26 Å². The maximum absolute atomic E-state index is 6.25. The van der Waals surface area contributed by atoms with Gasteiger partial charge in [-0.05, 0) is 5.56 Å². The summed E-state index contributed by atoms with van der Waals surface area (Å²) in [6.07, 6.45) is 0. The topological polar surface area (TPSA) is 23.8 Å². The number of hydrogen-bond acceptors (Lipinski definition) is 1. The van der Waals surface area contributed by atoms with E-state index in [1.165, 1.54) is 5.56 Å². The van der Waals surface area contributed by atoms with Gasteiger partial charge >= 0.3 is 29.6 Å². The summed E-state index contributed by atoms with van der Waals surface area (Å²) in [6, 6.07) is 9.96. The normalized spacial score (nSPS) is 6.82. The van der Waals surface area contributed by atoms with E-state index in [0.29, 0.717) is 5.88 Å². The molecule has 3 heteroatoms. The van der Waals surface area contributed by atoms with Crippen LogP contribution in [0.3, 0.4) is 0 Å². The molecule has 0 unspecified atom stereocenters. The van der Waals surface area contributed by atoms with Gasteiger partial charge < -0.3 is 11.8 Å². The molecule has 0 bridgehead atoms. The smallest absolute Gasteiger partial charge is 0.512 e. The van der Waals surface area contributed by atoms with Gasteiger partial charge in [0.2, 0.25) is 0 Å². The van der Waals surface area contributed by atoms with Crippen molar-refractivity contribution < 1.29 is 29.6 Å². The number of nitrogens with zero attached hydrogens (tertiary/aromatic N) is 1. The van der Waals surface area contributed by atoms with Gasteiger partial charge in [0.05, 0.1) is 0 Å². The van der Waals surface area contributed by atoms with Gasteiger partial charge in [-0.15, -0.1) is 11.6 Å². The zero-order valence-electron chi connectivity index (χ0n) is 6.42. The number of benzene rings is 1. The van der Waals surface area contributed by atoms with Crippen LogP contribution < -0.4 is 29.6 Å². The Balaban J connectivity index is 0. The van der Waals surface area contributed by atoms with E-state index >= 15 is 0 Å². The summed E-state index contributed by atoms with van der Waals surface area (Å²) < 4.78 is 0. The van der Waals surface area contributed by atoms with E-state index in [4.69, 9.17) is 23.4 Å². The monoisotopic (exact) mass is 175 g/mol. The predicted octanol–water partition coefficient (Wildman–Crippen LogP) is -0.474. The third-order valence-electron chi connectivity index (χ3n) is 0.997. The summed E-state index contributed by atoms with van der Waals surface area (Å²) in [4.78, 5) is 0. The quantitative estimate of drug-likeness (QED) is 0.322. The number of halogens is 1. The van der Waals surface area contributed by atoms with Gasteiger partial charge in [-0.2, -0.15) is 0 Å². The molecule has 52 valence electrons. The van der Waals surface area contributed by atoms with Crippen LogP contribution in [0.25, 0.3) is 0 Å². The first-order chi connectivity index (χ1) is 4.93. The Kier molecular flexibility index (Phi) is 12.3. The van der Waals surface area contributed by atoms with Crippen molar-refractivity contribution in [1.82, 2.24) is 0 Å². The van der Waals surface area contributed by atoms with E-state index < -0.39 is 0 Å². The molecule has 0 fully saturated rings. The summed E-state index contributed by atoms with van der Waals surface area (Å²) in [5, 5.41) is 6.25. The Morgan fingerprint density at radius 3 is 1.91 bits per heavy atom. The van der Waals surface area contributed by atoms with Crippen LogP contribution in [0, 0.1) is 11.8 Å². The van der Waals surface area contributed by atoms with E-state index in [1.807, 2.05) is 30.3 Å². The third-order valence-corrected chi connectivity index (χ3v) is 1.31. The Morgan fingerprint density at radius 1 is 1.18 bits per heavy atom. The second-order valence-electron chi connectivity index (χ2n) is 1.62. The molecule has 0 radical (unpaired) electrons. The standard InChI is InChI=1S/C7H7Cl.CN.Na/c8-6-7-4-2-1-3-5-7;1-2;/h1-5H,6H2;;/q;-1;+1. The first-order valence-corrected chi connectivity index (χ1v) is 3.29. The van der Waals surface area contributed by atoms with E-state index in [2.05, 4.69) is 0 Å². The molecule has 11 heavy (non-hydrogen) atoms. The molecule has 0 aliphatic carbocycles. The largest absolute Gasteiger partial charge is 1.00 e. The van der Waals surface area contributed by atoms with Crippen molar-refractivity contribution in [3.05, 3.63) is 42.5 Å². The number of alkyl halides is 1. The van der Waals surface area contributed by atoms with Gasteiger partial charge in [-0.1, -0.05) is 30.3 Å². The van der Waals surface area contributed by atoms with Crippen LogP contribution in [0.1, 0.15) is 5.56 Å². The molecule has 0 saturated carbocycles. The van der Waals surface area contributed by atoms with E-state index in [9.17, 15) is 0 Å². The van der Waals surface area contributed by atoms with Crippen LogP contribution in [0.4, 0.5) is 0 Å². The van der Waals surface area contributed by atoms with Gasteiger partial charge in [0.25, 0.3) is 0 Å². The SMILES string of the molecule is ClCc1ccccc1.[C-]#N.[Na+]. The molecule has 0 atom stereocenters. The Morgan fingerprint density at radius 2 is 1.64 bits per heavy atom. The molecular formula is C8H7ClNNa. The zero-order chi connectivity index (χ0) is 7.82. The molecule has 0 aromatic heterocycles. The average Bonchev–Trinajstić information content (AvgIpc) is 2.10. The molecule has 0 saturated heterocycles. The molecule has 1 rings (SSSR count). The minimum Gasteiger partial charge on any atom is -0.512 e. The van der Waals surface area contributed by atoms with Crippen molar-refractivity contribution in [2.45, 2.75) is 5.88 Å². The Hall–Kier alpha value is 0. The molecule has 0 aliphatic rings. The molecule has 0 N–H and O–H groups in total. The fourth-order valence-electron chi connectivity index (χ4n) is 0.567. The Bertz CT molecular complexity index is 186. The van der Waals surface area contributed by atoms with Gasteiger partial charge in [0.1, 0.15) is 0 Å². The number of rotatable bonds is 1. The second kappa shape index (κ2) is 10.0. The molecular weight excluding hydrogens is 169 g/mol. The minimum atomic E-state index is 0. The van der Waals surface area contributed by atoms with Crippen molar-refractivity contribution in [3.8, 4) is 0 Å². The van der Waals surface area contributed by atoms with Crippen LogP contribution in [-0.4, -0.2) is 0 Å². The maximum atomic E-state index is 6.25. The van der Waals surface area contributed by atoms with Gasteiger partial charge in [0.15, 0.2) is 0 Å². The fraction of sp³-hybridized carbons (Fsp3) is 0.125. The summed E-state index contributed by atoms with van der Waals surface area (Å²) >= 11 is 5.53. The van der Waals surface area contributed by atoms with Gasteiger partial charge in [-0.3, -0.25) is 0 Å². The van der Waals surface area contributed by atoms with Crippen molar-refractivity contribution in [3.63, 3.8) is 0 Å². The molecule has 1 aromatic rings. The molecule has 1 aromatic carbocycles. The Labute approximate surface area is 94.3 Å². The van der Waals surface area contributed by atoms with Crippen LogP contribution in [-0.2, 0) is 5.88 Å². The van der Waals surface area contributed by atoms with Crippen LogP contribution in [0.15, 0.2) is 30.3 Å². The molecule has 0 heterocycles. The average molecular weight is 176 g/mol. The zero-order valence-corrected chi connectivity index (χ0v) is 9.17. The fourth-order valence-corrected chi connectivity index (χ4v) is 0.745. The summed E-state index contributed by atoms with van der Waals surface area (Å²) in [6.45, 7) is 4.75. The van der Waals surface area contributed by atoms with Crippen LogP contribution in [0.2, 0.25) is 0 Å². The van der Waals surface area contributed by atoms with Gasteiger partial charge in [-0.25, -0.2) is 0 Å². The van der Waals surface area contributed by atoms with Crippen molar-refractivity contribution >= 4 is 11.6 Å². The first-order valence-electron chi connectivity index (χ1n) is 2.76. The molecule has 0 spiro atoms. The minimum absolute atomic E-state index is 0. The van der Waals surface area contributed by atoms with E-state index in [0.717, 1.165) is 0 Å². The second-order valence-corrected chi connectivity index (χ2v) is 1.89. The summed E-state index contributed by atoms with van der Waals surface area (Å²) in [5.41, 5.74) is 1.18. The van der Waals surface area contributed by atoms with Crippen molar-refractivity contribution in [2.24, 2.45) is 0 Å². The molecule has 0 amide bonds. The maximum Gasteiger partial charge on any atom is 1.00 e. The molecule has 1 nitrogen and oxygen atoms in total. The van der Waals surface area contributed by atoms with Crippen LogP contribution >= 0.6 is 11.6 Å². The van der Waals surface area contributed by atoms with Crippen molar-refractivity contribution in [2.75, 3.05) is 0 Å². The van der Waals surface area contributed by atoms with E-state index in [-0.39, 0.29) is 29.6 Å². The third kappa shape index (κ3) is 6.40. The first kappa shape index (κ1) is 13.6. The number of hydrogen-bond donors (Lipinski definition) is 0. The van der Waals surface area contributed by atoms with Gasteiger partial charge in [0, 0.05) is 5.88 Å². The van der Waals surface area contributed by atoms with E-state index in [1.54, 1.807) is 0 Å². The predicted molar refractivity (Wildman–Crippen MR) is 41.0 cm³/mol. The summed E-state index contributed by atoms with van der Waals surface area (Å²) in [5.74, 6) is 0.612. The summed E-state index contributed by atoms with van der Waals surface area (Å²) in [7, 11) is 0. The molecule has 0 aliphatic heterocycles. The van der Waals surface area contributed by atoms with Crippen LogP contribution in [0.5, 0.6) is 0 Å².